The minimum Gasteiger partial charge on any atom is -0.354 e. The highest BCUT2D eigenvalue weighted by atomic mass is 16.1. The molecule has 0 aliphatic carbocycles. The van der Waals surface area contributed by atoms with Crippen LogP contribution in [0.2, 0.25) is 0 Å². The number of nitrogens with zero attached hydrogens (tertiary/aromatic N) is 2. The molecule has 2 aromatic rings. The SMILES string of the molecule is Cc1nn(C)c(C)c1CC(=O)NCC(C)(C)N[C@H](C)c1ccccc1. The summed E-state index contributed by atoms with van der Waals surface area (Å²) in [5.74, 6) is 0.0291. The van der Waals surface area contributed by atoms with Crippen LogP contribution in [0.1, 0.15) is 49.3 Å². The average Bonchev–Trinajstić information content (AvgIpc) is 2.80. The van der Waals surface area contributed by atoms with Gasteiger partial charge in [0.1, 0.15) is 0 Å². The lowest BCUT2D eigenvalue weighted by atomic mass is 10.0. The molecule has 0 bridgehead atoms. The van der Waals surface area contributed by atoms with Crippen molar-refractivity contribution in [3.63, 3.8) is 0 Å². The predicted molar refractivity (Wildman–Crippen MR) is 101 cm³/mol. The van der Waals surface area contributed by atoms with E-state index in [2.05, 4.69) is 48.6 Å². The lowest BCUT2D eigenvalue weighted by molar-refractivity contribution is -0.120. The van der Waals surface area contributed by atoms with Crippen molar-refractivity contribution in [2.24, 2.45) is 7.05 Å². The van der Waals surface area contributed by atoms with Gasteiger partial charge in [-0.2, -0.15) is 5.10 Å². The fraction of sp³-hybridized carbons (Fsp3) is 0.500. The number of aryl methyl sites for hydroxylation is 2. The summed E-state index contributed by atoms with van der Waals surface area (Å²) in [5.41, 5.74) is 4.02. The minimum atomic E-state index is -0.204. The summed E-state index contributed by atoms with van der Waals surface area (Å²) in [6.45, 7) is 10.9. The maximum atomic E-state index is 12.4. The van der Waals surface area contributed by atoms with E-state index in [1.54, 1.807) is 0 Å². The molecule has 1 amide bonds. The Morgan fingerprint density at radius 3 is 2.44 bits per heavy atom. The molecule has 2 N–H and O–H groups in total. The number of carbonyl (C=O) groups excluding carboxylic acids is 1. The van der Waals surface area contributed by atoms with E-state index in [0.29, 0.717) is 13.0 Å². The lowest BCUT2D eigenvalue weighted by Gasteiger charge is -2.31. The monoisotopic (exact) mass is 342 g/mol. The van der Waals surface area contributed by atoms with Crippen molar-refractivity contribution in [3.05, 3.63) is 52.8 Å². The smallest absolute Gasteiger partial charge is 0.224 e. The second-order valence-electron chi connectivity index (χ2n) is 7.39. The van der Waals surface area contributed by atoms with Gasteiger partial charge in [0.25, 0.3) is 0 Å². The Labute approximate surface area is 150 Å². The average molecular weight is 342 g/mol. The van der Waals surface area contributed by atoms with Gasteiger partial charge in [0.05, 0.1) is 12.1 Å². The Hall–Kier alpha value is -2.14. The van der Waals surface area contributed by atoms with Crippen LogP contribution in [0.3, 0.4) is 0 Å². The second-order valence-corrected chi connectivity index (χ2v) is 7.39. The minimum absolute atomic E-state index is 0.0291. The zero-order chi connectivity index (χ0) is 18.6. The summed E-state index contributed by atoms with van der Waals surface area (Å²) in [7, 11) is 1.90. The van der Waals surface area contributed by atoms with Crippen molar-refractivity contribution < 1.29 is 4.79 Å². The fourth-order valence-electron chi connectivity index (χ4n) is 3.08. The molecule has 1 aromatic heterocycles. The summed E-state index contributed by atoms with van der Waals surface area (Å²) >= 11 is 0. The van der Waals surface area contributed by atoms with Crippen LogP contribution >= 0.6 is 0 Å². The number of hydrogen-bond acceptors (Lipinski definition) is 3. The first-order chi connectivity index (χ1) is 11.7. The first-order valence-electron chi connectivity index (χ1n) is 8.78. The molecule has 1 atom stereocenters. The van der Waals surface area contributed by atoms with Gasteiger partial charge in [0, 0.05) is 36.4 Å². The van der Waals surface area contributed by atoms with Gasteiger partial charge in [0.15, 0.2) is 0 Å². The zero-order valence-corrected chi connectivity index (χ0v) is 16.2. The third-order valence-corrected chi connectivity index (χ3v) is 4.63. The van der Waals surface area contributed by atoms with Crippen LogP contribution in [0.4, 0.5) is 0 Å². The van der Waals surface area contributed by atoms with Gasteiger partial charge in [-0.05, 0) is 40.2 Å². The Morgan fingerprint density at radius 2 is 1.88 bits per heavy atom. The van der Waals surface area contributed by atoms with Crippen molar-refractivity contribution in [2.45, 2.75) is 52.6 Å². The number of rotatable bonds is 7. The Kier molecular flexibility index (Phi) is 6.01. The summed E-state index contributed by atoms with van der Waals surface area (Å²) in [6.07, 6.45) is 0.371. The summed E-state index contributed by atoms with van der Waals surface area (Å²) < 4.78 is 1.82. The van der Waals surface area contributed by atoms with Crippen molar-refractivity contribution in [1.29, 1.82) is 0 Å². The van der Waals surface area contributed by atoms with Gasteiger partial charge >= 0.3 is 0 Å². The van der Waals surface area contributed by atoms with Crippen molar-refractivity contribution in [2.75, 3.05) is 6.54 Å². The molecule has 25 heavy (non-hydrogen) atoms. The molecule has 0 saturated carbocycles. The van der Waals surface area contributed by atoms with E-state index in [9.17, 15) is 4.79 Å². The van der Waals surface area contributed by atoms with Crippen LogP contribution in [0.25, 0.3) is 0 Å². The van der Waals surface area contributed by atoms with Gasteiger partial charge < -0.3 is 10.6 Å². The van der Waals surface area contributed by atoms with Crippen molar-refractivity contribution >= 4 is 5.91 Å². The molecule has 0 saturated heterocycles. The summed E-state index contributed by atoms with van der Waals surface area (Å²) in [4.78, 5) is 12.4. The first kappa shape index (κ1) is 19.2. The van der Waals surface area contributed by atoms with Gasteiger partial charge in [0.2, 0.25) is 5.91 Å². The molecule has 0 fully saturated rings. The number of amides is 1. The number of carbonyl (C=O) groups is 1. The van der Waals surface area contributed by atoms with Crippen LogP contribution in [0, 0.1) is 13.8 Å². The third kappa shape index (κ3) is 5.16. The summed E-state index contributed by atoms with van der Waals surface area (Å²) in [6, 6.07) is 10.5. The Morgan fingerprint density at radius 1 is 1.24 bits per heavy atom. The third-order valence-electron chi connectivity index (χ3n) is 4.63. The quantitative estimate of drug-likeness (QED) is 0.813. The maximum Gasteiger partial charge on any atom is 0.224 e. The van der Waals surface area contributed by atoms with Gasteiger partial charge in [-0.15, -0.1) is 0 Å². The largest absolute Gasteiger partial charge is 0.354 e. The molecule has 0 aliphatic heterocycles. The predicted octanol–water partition coefficient (Wildman–Crippen LogP) is 2.83. The molecule has 1 aromatic carbocycles. The number of benzene rings is 1. The van der Waals surface area contributed by atoms with E-state index in [0.717, 1.165) is 17.0 Å². The molecule has 2 rings (SSSR count). The normalized spacial score (nSPS) is 12.9. The van der Waals surface area contributed by atoms with Crippen molar-refractivity contribution in [1.82, 2.24) is 20.4 Å². The molecular weight excluding hydrogens is 312 g/mol. The molecule has 5 nitrogen and oxygen atoms in total. The topological polar surface area (TPSA) is 59.0 Å². The number of nitrogens with one attached hydrogen (secondary N) is 2. The molecule has 136 valence electrons. The standard InChI is InChI=1S/C20H30N4O/c1-14(17-10-8-7-9-11-17)22-20(4,5)13-21-19(25)12-18-15(2)23-24(6)16(18)3/h7-11,14,22H,12-13H2,1-6H3,(H,21,25)/t14-/m1/s1. The molecular formula is C20H30N4O. The van der Waals surface area contributed by atoms with Gasteiger partial charge in [-0.25, -0.2) is 0 Å². The van der Waals surface area contributed by atoms with Gasteiger partial charge in [-0.3, -0.25) is 9.48 Å². The Balaban J connectivity index is 1.89. The molecule has 0 unspecified atom stereocenters. The zero-order valence-electron chi connectivity index (χ0n) is 16.2. The van der Waals surface area contributed by atoms with Crippen LogP contribution < -0.4 is 10.6 Å². The molecule has 0 aliphatic rings. The first-order valence-corrected chi connectivity index (χ1v) is 8.78. The lowest BCUT2D eigenvalue weighted by Crippen LogP contribution is -2.50. The highest BCUT2D eigenvalue weighted by Crippen LogP contribution is 2.16. The van der Waals surface area contributed by atoms with Crippen LogP contribution in [0.5, 0.6) is 0 Å². The van der Waals surface area contributed by atoms with Crippen LogP contribution in [-0.4, -0.2) is 27.8 Å². The van der Waals surface area contributed by atoms with E-state index in [-0.39, 0.29) is 17.5 Å². The summed E-state index contributed by atoms with van der Waals surface area (Å²) in [5, 5.41) is 11.0. The molecule has 0 radical (unpaired) electrons. The molecule has 1 heterocycles. The molecule has 0 spiro atoms. The molecule has 5 heteroatoms. The number of hydrogen-bond donors (Lipinski definition) is 2. The second kappa shape index (κ2) is 7.83. The highest BCUT2D eigenvalue weighted by Gasteiger charge is 2.22. The Bertz CT molecular complexity index is 719. The van der Waals surface area contributed by atoms with E-state index in [1.165, 1.54) is 5.56 Å². The van der Waals surface area contributed by atoms with E-state index in [4.69, 9.17) is 0 Å². The van der Waals surface area contributed by atoms with Crippen molar-refractivity contribution in [3.8, 4) is 0 Å². The van der Waals surface area contributed by atoms with E-state index >= 15 is 0 Å². The van der Waals surface area contributed by atoms with Crippen LogP contribution in [-0.2, 0) is 18.3 Å². The van der Waals surface area contributed by atoms with E-state index in [1.807, 2.05) is 43.8 Å². The highest BCUT2D eigenvalue weighted by molar-refractivity contribution is 5.79. The van der Waals surface area contributed by atoms with Gasteiger partial charge in [-0.1, -0.05) is 30.3 Å². The maximum absolute atomic E-state index is 12.4. The van der Waals surface area contributed by atoms with E-state index < -0.39 is 0 Å². The fourth-order valence-corrected chi connectivity index (χ4v) is 3.08. The van der Waals surface area contributed by atoms with Crippen LogP contribution in [0.15, 0.2) is 30.3 Å². The number of aromatic nitrogens is 2.